The molecule has 2 rings (SSSR count). The standard InChI is InChI=1S/C47H81O17P/c1-3-5-7-8-9-10-11-12-13-14-15-16-17-18-24-28-40(51)62-35-32-60-39(50)27-23-20-19-22-26-36-37(49)31-41(52)63-38(30-29-34(48)25-21-6-4-2)43(54)45(56)47(46(57)44(55)42(36)53)64-65(58,59)61-33-35/h9-10,12-13,19,22,29-30,34-38,41-49,52-57H,3-8,11,14-18,20-21,23-28,31-33H2,1-2H3,(H,58,59)/b10-9-,13-12-,22-19?,30-29+/t34-,35+,36-,37-,38+,41?,42+,43+,44-,45+,46+,47+/m0/s1. The summed E-state index contributed by atoms with van der Waals surface area (Å²) >= 11 is 0. The molecule has 0 amide bonds. The van der Waals surface area contributed by atoms with E-state index in [9.17, 15) is 59.9 Å². The summed E-state index contributed by atoms with van der Waals surface area (Å²) in [5.74, 6) is -2.65. The van der Waals surface area contributed by atoms with Crippen molar-refractivity contribution in [2.75, 3.05) is 13.2 Å². The van der Waals surface area contributed by atoms with Crippen molar-refractivity contribution in [3.63, 3.8) is 0 Å². The van der Waals surface area contributed by atoms with Crippen LogP contribution in [0, 0.1) is 5.92 Å². The summed E-state index contributed by atoms with van der Waals surface area (Å²) in [6.07, 6.45) is 6.39. The highest BCUT2D eigenvalue weighted by Crippen LogP contribution is 2.47. The van der Waals surface area contributed by atoms with Gasteiger partial charge in [0.15, 0.2) is 12.4 Å². The Morgan fingerprint density at radius 2 is 1.46 bits per heavy atom. The van der Waals surface area contributed by atoms with Crippen LogP contribution < -0.4 is 0 Å². The first-order valence-electron chi connectivity index (χ1n) is 23.8. The van der Waals surface area contributed by atoms with Gasteiger partial charge in [-0.15, -0.1) is 0 Å². The molecule has 0 aromatic heterocycles. The minimum atomic E-state index is -5.48. The van der Waals surface area contributed by atoms with Crippen molar-refractivity contribution in [2.45, 2.75) is 216 Å². The molecule has 2 unspecified atom stereocenters. The molecule has 376 valence electrons. The highest BCUT2D eigenvalue weighted by atomic mass is 31.2. The number of esters is 2. The summed E-state index contributed by atoms with van der Waals surface area (Å²) < 4.78 is 40.3. The minimum absolute atomic E-state index is 0.00492. The number of carbonyl (C=O) groups is 2. The Morgan fingerprint density at radius 3 is 2.17 bits per heavy atom. The van der Waals surface area contributed by atoms with E-state index in [2.05, 4.69) is 31.2 Å². The Hall–Kier alpha value is -2.35. The van der Waals surface area contributed by atoms with Crippen LogP contribution >= 0.6 is 7.82 Å². The Morgan fingerprint density at radius 1 is 0.815 bits per heavy atom. The Balaban J connectivity index is 2.23. The largest absolute Gasteiger partial charge is 0.472 e. The molecule has 2 aliphatic rings. The molecule has 0 aromatic rings. The molecular formula is C47H81O17P. The summed E-state index contributed by atoms with van der Waals surface area (Å²) in [6.45, 7) is 2.74. The van der Waals surface area contributed by atoms with Gasteiger partial charge in [-0.1, -0.05) is 114 Å². The van der Waals surface area contributed by atoms with Crippen molar-refractivity contribution in [3.8, 4) is 0 Å². The molecule has 2 heterocycles. The average Bonchev–Trinajstić information content (AvgIpc) is 3.27. The highest BCUT2D eigenvalue weighted by molar-refractivity contribution is 7.47. The van der Waals surface area contributed by atoms with Gasteiger partial charge in [0.1, 0.15) is 43.2 Å². The molecule has 1 saturated heterocycles. The van der Waals surface area contributed by atoms with E-state index in [0.29, 0.717) is 32.1 Å². The smallest absolute Gasteiger partial charge is 0.462 e. The van der Waals surface area contributed by atoms with E-state index in [-0.39, 0.29) is 19.3 Å². The number of phosphoric acid groups is 1. The molecule has 65 heavy (non-hydrogen) atoms. The van der Waals surface area contributed by atoms with Crippen LogP contribution in [-0.2, 0) is 37.4 Å². The van der Waals surface area contributed by atoms with Gasteiger partial charge in [0.2, 0.25) is 0 Å². The van der Waals surface area contributed by atoms with Gasteiger partial charge in [-0.2, -0.15) is 0 Å². The molecule has 13 atom stereocenters. The lowest BCUT2D eigenvalue weighted by atomic mass is 9.83. The molecule has 0 aliphatic carbocycles. The summed E-state index contributed by atoms with van der Waals surface area (Å²) in [7, 11) is -5.48. The number of allylic oxidation sites excluding steroid dienone is 6. The number of hydrogen-bond donors (Lipinski definition) is 9. The molecule has 0 radical (unpaired) electrons. The van der Waals surface area contributed by atoms with Crippen LogP contribution in [-0.4, -0.2) is 138 Å². The summed E-state index contributed by atoms with van der Waals surface area (Å²) in [4.78, 5) is 36.5. The van der Waals surface area contributed by atoms with E-state index in [1.807, 2.05) is 6.92 Å². The van der Waals surface area contributed by atoms with E-state index >= 15 is 0 Å². The fourth-order valence-corrected chi connectivity index (χ4v) is 8.45. The Labute approximate surface area is 385 Å². The third-order valence-electron chi connectivity index (χ3n) is 11.4. The van der Waals surface area contributed by atoms with E-state index in [1.54, 1.807) is 12.2 Å². The number of rotatable bonds is 21. The summed E-state index contributed by atoms with van der Waals surface area (Å²) in [5, 5.41) is 89.4. The molecule has 1 fully saturated rings. The van der Waals surface area contributed by atoms with E-state index in [0.717, 1.165) is 63.9 Å². The summed E-state index contributed by atoms with van der Waals surface area (Å²) in [6, 6.07) is 0. The molecule has 18 heteroatoms. The quantitative estimate of drug-likeness (QED) is 0.0307. The zero-order valence-electron chi connectivity index (χ0n) is 38.5. The second-order valence-electron chi connectivity index (χ2n) is 17.1. The van der Waals surface area contributed by atoms with E-state index in [4.69, 9.17) is 23.3 Å². The van der Waals surface area contributed by atoms with Crippen LogP contribution in [0.3, 0.4) is 0 Å². The third kappa shape index (κ3) is 25.0. The second kappa shape index (κ2) is 34.0. The maximum absolute atomic E-state index is 13.5. The van der Waals surface area contributed by atoms with Crippen LogP contribution in [0.15, 0.2) is 48.6 Å². The monoisotopic (exact) mass is 949 g/mol. The predicted molar refractivity (Wildman–Crippen MR) is 243 cm³/mol. The van der Waals surface area contributed by atoms with Gasteiger partial charge < -0.3 is 60.0 Å². The normalized spacial score (nSPS) is 32.5. The number of phosphoric ester groups is 1. The zero-order valence-corrected chi connectivity index (χ0v) is 39.4. The SMILES string of the molecule is CCCCC/C=C\C/C=C\CCCCCCCC(=O)O[C@@H]1COC(=O)CCCC=CC[C@@H]2[C@@H](O)[C@H](O)[C@@H](O)[C@H](OP(=O)(O)OC1)[C@H](O)[C@H](O)[C@@H](/C=C/[C@@H](O)CCCCC)OC(O)C[C@@H]2O. The van der Waals surface area contributed by atoms with Crippen LogP contribution in [0.25, 0.3) is 0 Å². The lowest BCUT2D eigenvalue weighted by Gasteiger charge is -2.39. The van der Waals surface area contributed by atoms with Crippen molar-refractivity contribution in [2.24, 2.45) is 5.92 Å². The second-order valence-corrected chi connectivity index (χ2v) is 18.5. The number of aliphatic hydroxyl groups is 8. The van der Waals surface area contributed by atoms with Crippen molar-refractivity contribution in [1.29, 1.82) is 0 Å². The lowest BCUT2D eigenvalue weighted by molar-refractivity contribution is -0.213. The molecule has 2 aliphatic heterocycles. The fraction of sp³-hybridized carbons (Fsp3) is 0.787. The first-order chi connectivity index (χ1) is 31.1. The van der Waals surface area contributed by atoms with E-state index in [1.165, 1.54) is 25.3 Å². The number of ether oxygens (including phenoxy) is 3. The molecule has 0 aromatic carbocycles. The zero-order chi connectivity index (χ0) is 48.0. The number of aliphatic hydroxyl groups excluding tert-OH is 8. The fourth-order valence-electron chi connectivity index (χ4n) is 7.48. The van der Waals surface area contributed by atoms with Gasteiger partial charge in [-0.25, -0.2) is 4.57 Å². The maximum atomic E-state index is 13.5. The van der Waals surface area contributed by atoms with Crippen molar-refractivity contribution < 1.29 is 83.2 Å². The van der Waals surface area contributed by atoms with Crippen LogP contribution in [0.2, 0.25) is 0 Å². The van der Waals surface area contributed by atoms with Crippen LogP contribution in [0.4, 0.5) is 0 Å². The summed E-state index contributed by atoms with van der Waals surface area (Å²) in [5.41, 5.74) is 0. The number of fused-ring (bicyclic) bond motifs is 4. The van der Waals surface area contributed by atoms with Gasteiger partial charge in [0.25, 0.3) is 0 Å². The molecule has 9 N–H and O–H groups in total. The minimum Gasteiger partial charge on any atom is -0.462 e. The van der Waals surface area contributed by atoms with Crippen LogP contribution in [0.1, 0.15) is 149 Å². The topological polar surface area (TPSA) is 279 Å². The van der Waals surface area contributed by atoms with E-state index < -0.39 is 113 Å². The molecular weight excluding hydrogens is 867 g/mol. The van der Waals surface area contributed by atoms with Crippen molar-refractivity contribution in [1.82, 2.24) is 0 Å². The van der Waals surface area contributed by atoms with Gasteiger partial charge >= 0.3 is 19.8 Å². The first kappa shape index (κ1) is 58.8. The highest BCUT2D eigenvalue weighted by Gasteiger charge is 2.48. The van der Waals surface area contributed by atoms with Crippen LogP contribution in [0.5, 0.6) is 0 Å². The molecule has 2 bridgehead atoms. The predicted octanol–water partition coefficient (Wildman–Crippen LogP) is 5.27. The molecule has 0 spiro atoms. The van der Waals surface area contributed by atoms with Gasteiger partial charge in [-0.3, -0.25) is 18.6 Å². The average molecular weight is 949 g/mol. The van der Waals surface area contributed by atoms with Crippen molar-refractivity contribution in [3.05, 3.63) is 48.6 Å². The Kier molecular flexibility index (Phi) is 30.8. The molecule has 17 nitrogen and oxygen atoms in total. The first-order valence-corrected chi connectivity index (χ1v) is 25.3. The number of carbonyl (C=O) groups excluding carboxylic acids is 2. The van der Waals surface area contributed by atoms with Gasteiger partial charge in [0.05, 0.1) is 24.9 Å². The number of hydrogen-bond acceptors (Lipinski definition) is 16. The maximum Gasteiger partial charge on any atom is 0.472 e. The number of unbranched alkanes of at least 4 members (excludes halogenated alkanes) is 10. The van der Waals surface area contributed by atoms with Gasteiger partial charge in [-0.05, 0) is 64.2 Å². The molecule has 0 saturated carbocycles. The number of cyclic esters (lactones) is 1. The third-order valence-corrected chi connectivity index (χ3v) is 12.4. The van der Waals surface area contributed by atoms with Gasteiger partial charge in [0, 0.05) is 25.2 Å². The van der Waals surface area contributed by atoms with Crippen molar-refractivity contribution >= 4 is 19.8 Å². The lowest BCUT2D eigenvalue weighted by Crippen LogP contribution is -2.58. The Bertz CT molecular complexity index is 1460.